The van der Waals surface area contributed by atoms with Crippen LogP contribution >= 0.6 is 11.6 Å². The van der Waals surface area contributed by atoms with Gasteiger partial charge in [-0.3, -0.25) is 4.79 Å². The van der Waals surface area contributed by atoms with Crippen LogP contribution in [0.3, 0.4) is 0 Å². The Morgan fingerprint density at radius 2 is 2.16 bits per heavy atom. The Bertz CT molecular complexity index is 430. The minimum absolute atomic E-state index is 0.0806. The quantitative estimate of drug-likeness (QED) is 0.918. The fraction of sp³-hybridized carbons (Fsp3) is 0.533. The van der Waals surface area contributed by atoms with E-state index < -0.39 is 0 Å². The largest absolute Gasteiger partial charge is 0.340 e. The van der Waals surface area contributed by atoms with E-state index in [1.807, 2.05) is 30.0 Å². The third-order valence-electron chi connectivity index (χ3n) is 3.61. The Hall–Kier alpha value is -1.06. The number of nitrogens with zero attached hydrogens (tertiary/aromatic N) is 1. The summed E-state index contributed by atoms with van der Waals surface area (Å²) in [7, 11) is 0. The van der Waals surface area contributed by atoms with Crippen molar-refractivity contribution in [2.24, 2.45) is 5.92 Å². The van der Waals surface area contributed by atoms with Gasteiger partial charge in [-0.25, -0.2) is 0 Å². The average molecular weight is 281 g/mol. The summed E-state index contributed by atoms with van der Waals surface area (Å²) in [5, 5.41) is 4.03. The first-order chi connectivity index (χ1) is 9.16. The first kappa shape index (κ1) is 14.4. The van der Waals surface area contributed by atoms with Gasteiger partial charge < -0.3 is 10.2 Å². The summed E-state index contributed by atoms with van der Waals surface area (Å²) < 4.78 is 0. The third-order valence-corrected chi connectivity index (χ3v) is 3.84. The standard InChI is InChI=1S/C15H21ClN2O/c1-12(15(19)18-9-7-17-8-10-18)5-6-13-3-2-4-14(16)11-13/h2-4,11-12,17H,5-10H2,1H3. The van der Waals surface area contributed by atoms with E-state index in [9.17, 15) is 4.79 Å². The Balaban J connectivity index is 1.83. The van der Waals surface area contributed by atoms with Gasteiger partial charge in [-0.05, 0) is 30.5 Å². The zero-order valence-corrected chi connectivity index (χ0v) is 12.1. The smallest absolute Gasteiger partial charge is 0.225 e. The Morgan fingerprint density at radius 3 is 2.84 bits per heavy atom. The monoisotopic (exact) mass is 280 g/mol. The van der Waals surface area contributed by atoms with E-state index in [2.05, 4.69) is 11.4 Å². The van der Waals surface area contributed by atoms with Crippen molar-refractivity contribution in [3.05, 3.63) is 34.9 Å². The van der Waals surface area contributed by atoms with E-state index >= 15 is 0 Å². The van der Waals surface area contributed by atoms with E-state index in [1.54, 1.807) is 0 Å². The Kier molecular flexibility index (Phi) is 5.23. The van der Waals surface area contributed by atoms with Crippen LogP contribution in [0, 0.1) is 5.92 Å². The number of hydrogen-bond acceptors (Lipinski definition) is 2. The number of halogens is 1. The molecule has 0 spiro atoms. The molecule has 0 bridgehead atoms. The number of amides is 1. The highest BCUT2D eigenvalue weighted by molar-refractivity contribution is 6.30. The maximum Gasteiger partial charge on any atom is 0.225 e. The molecule has 19 heavy (non-hydrogen) atoms. The minimum atomic E-state index is 0.0806. The highest BCUT2D eigenvalue weighted by Crippen LogP contribution is 2.16. The summed E-state index contributed by atoms with van der Waals surface area (Å²) in [4.78, 5) is 14.2. The molecular weight excluding hydrogens is 260 g/mol. The van der Waals surface area contributed by atoms with Gasteiger partial charge in [0.2, 0.25) is 5.91 Å². The van der Waals surface area contributed by atoms with Crippen molar-refractivity contribution in [1.82, 2.24) is 10.2 Å². The van der Waals surface area contributed by atoms with E-state index in [4.69, 9.17) is 11.6 Å². The molecule has 1 fully saturated rings. The maximum atomic E-state index is 12.3. The fourth-order valence-electron chi connectivity index (χ4n) is 2.40. The summed E-state index contributed by atoms with van der Waals surface area (Å²) in [6.07, 6.45) is 1.78. The van der Waals surface area contributed by atoms with E-state index in [-0.39, 0.29) is 11.8 Å². The molecule has 2 rings (SSSR count). The number of nitrogens with one attached hydrogen (secondary N) is 1. The number of benzene rings is 1. The molecule has 1 atom stereocenters. The lowest BCUT2D eigenvalue weighted by Gasteiger charge is -2.29. The summed E-state index contributed by atoms with van der Waals surface area (Å²) in [6.45, 7) is 5.51. The summed E-state index contributed by atoms with van der Waals surface area (Å²) in [5.41, 5.74) is 1.20. The molecule has 0 saturated carbocycles. The molecule has 1 heterocycles. The van der Waals surface area contributed by atoms with Crippen LogP contribution < -0.4 is 5.32 Å². The Morgan fingerprint density at radius 1 is 1.42 bits per heavy atom. The second-order valence-corrected chi connectivity index (χ2v) is 5.58. The summed E-state index contributed by atoms with van der Waals surface area (Å²) in [5.74, 6) is 0.362. The summed E-state index contributed by atoms with van der Waals surface area (Å²) >= 11 is 5.96. The number of rotatable bonds is 4. The van der Waals surface area contributed by atoms with Crippen molar-refractivity contribution in [3.63, 3.8) is 0 Å². The van der Waals surface area contributed by atoms with Gasteiger partial charge >= 0.3 is 0 Å². The molecule has 3 nitrogen and oxygen atoms in total. The van der Waals surface area contributed by atoms with Gasteiger partial charge in [-0.2, -0.15) is 0 Å². The highest BCUT2D eigenvalue weighted by atomic mass is 35.5. The molecule has 0 aliphatic carbocycles. The lowest BCUT2D eigenvalue weighted by Crippen LogP contribution is -2.48. The average Bonchev–Trinajstić information content (AvgIpc) is 2.45. The van der Waals surface area contributed by atoms with E-state index in [0.29, 0.717) is 0 Å². The molecular formula is C15H21ClN2O. The maximum absolute atomic E-state index is 12.3. The van der Waals surface area contributed by atoms with Crippen LogP contribution in [0.5, 0.6) is 0 Å². The number of hydrogen-bond donors (Lipinski definition) is 1. The lowest BCUT2D eigenvalue weighted by molar-refractivity contribution is -0.135. The number of piperazine rings is 1. The molecule has 1 aliphatic rings. The predicted molar refractivity (Wildman–Crippen MR) is 78.4 cm³/mol. The van der Waals surface area contributed by atoms with Crippen LogP contribution in [0.2, 0.25) is 5.02 Å². The van der Waals surface area contributed by atoms with Crippen molar-refractivity contribution in [2.45, 2.75) is 19.8 Å². The van der Waals surface area contributed by atoms with Crippen molar-refractivity contribution >= 4 is 17.5 Å². The van der Waals surface area contributed by atoms with Crippen LogP contribution in [0.25, 0.3) is 0 Å². The normalized spacial score (nSPS) is 17.3. The van der Waals surface area contributed by atoms with E-state index in [1.165, 1.54) is 5.56 Å². The third kappa shape index (κ3) is 4.22. The van der Waals surface area contributed by atoms with Gasteiger partial charge in [0.15, 0.2) is 0 Å². The molecule has 4 heteroatoms. The second-order valence-electron chi connectivity index (χ2n) is 5.14. The highest BCUT2D eigenvalue weighted by Gasteiger charge is 2.21. The van der Waals surface area contributed by atoms with Crippen LogP contribution in [0.1, 0.15) is 18.9 Å². The first-order valence-corrected chi connectivity index (χ1v) is 7.28. The first-order valence-electron chi connectivity index (χ1n) is 6.91. The topological polar surface area (TPSA) is 32.3 Å². The molecule has 1 unspecified atom stereocenters. The molecule has 1 aromatic carbocycles. The van der Waals surface area contributed by atoms with E-state index in [0.717, 1.165) is 44.0 Å². The molecule has 1 saturated heterocycles. The van der Waals surface area contributed by atoms with Crippen molar-refractivity contribution in [3.8, 4) is 0 Å². The lowest BCUT2D eigenvalue weighted by atomic mass is 9.99. The molecule has 1 amide bonds. The fourth-order valence-corrected chi connectivity index (χ4v) is 2.61. The van der Waals surface area contributed by atoms with Crippen LogP contribution in [0.4, 0.5) is 0 Å². The number of carbonyl (C=O) groups excluding carboxylic acids is 1. The molecule has 1 aromatic rings. The van der Waals surface area contributed by atoms with Gasteiger partial charge in [0, 0.05) is 37.1 Å². The molecule has 0 aromatic heterocycles. The Labute approximate surface area is 119 Å². The SMILES string of the molecule is CC(CCc1cccc(Cl)c1)C(=O)N1CCNCC1. The van der Waals surface area contributed by atoms with Crippen molar-refractivity contribution < 1.29 is 4.79 Å². The van der Waals surface area contributed by atoms with Gasteiger partial charge in [-0.15, -0.1) is 0 Å². The zero-order chi connectivity index (χ0) is 13.7. The van der Waals surface area contributed by atoms with Gasteiger partial charge in [0.25, 0.3) is 0 Å². The number of carbonyl (C=O) groups is 1. The van der Waals surface area contributed by atoms with Crippen LogP contribution in [0.15, 0.2) is 24.3 Å². The molecule has 0 radical (unpaired) electrons. The van der Waals surface area contributed by atoms with Crippen LogP contribution in [-0.2, 0) is 11.2 Å². The molecule has 104 valence electrons. The number of aryl methyl sites for hydroxylation is 1. The van der Waals surface area contributed by atoms with Crippen molar-refractivity contribution in [2.75, 3.05) is 26.2 Å². The van der Waals surface area contributed by atoms with Gasteiger partial charge in [-0.1, -0.05) is 30.7 Å². The minimum Gasteiger partial charge on any atom is -0.340 e. The van der Waals surface area contributed by atoms with Crippen molar-refractivity contribution in [1.29, 1.82) is 0 Å². The van der Waals surface area contributed by atoms with Gasteiger partial charge in [0.05, 0.1) is 0 Å². The van der Waals surface area contributed by atoms with Crippen LogP contribution in [-0.4, -0.2) is 37.0 Å². The second kappa shape index (κ2) is 6.92. The molecule has 1 N–H and O–H groups in total. The zero-order valence-electron chi connectivity index (χ0n) is 11.4. The predicted octanol–water partition coefficient (Wildman–Crippen LogP) is 2.34. The summed E-state index contributed by atoms with van der Waals surface area (Å²) in [6, 6.07) is 7.87. The van der Waals surface area contributed by atoms with Gasteiger partial charge in [0.1, 0.15) is 0 Å². The molecule has 1 aliphatic heterocycles.